The van der Waals surface area contributed by atoms with E-state index in [1.54, 1.807) is 0 Å². The summed E-state index contributed by atoms with van der Waals surface area (Å²) in [5.74, 6) is -0.754. The predicted molar refractivity (Wildman–Crippen MR) is 66.7 cm³/mol. The first-order valence-corrected chi connectivity index (χ1v) is 6.30. The summed E-state index contributed by atoms with van der Waals surface area (Å²) in [5.41, 5.74) is -1.13. The summed E-state index contributed by atoms with van der Waals surface area (Å²) >= 11 is 6.45. The Hall–Kier alpha value is -1.67. The number of carbonyl (C=O) groups is 1. The van der Waals surface area contributed by atoms with Crippen molar-refractivity contribution in [1.82, 2.24) is 9.97 Å². The number of methoxy groups -OCH3 is 1. The number of aromatic nitrogens is 2. The smallest absolute Gasteiger partial charge is 0.417 e. The Morgan fingerprint density at radius 2 is 2.15 bits per heavy atom. The minimum absolute atomic E-state index is 0.0455. The van der Waals surface area contributed by atoms with Crippen molar-refractivity contribution < 1.29 is 22.7 Å². The van der Waals surface area contributed by atoms with Crippen LogP contribution in [-0.2, 0) is 10.9 Å². The third kappa shape index (κ3) is 2.75. The number of hydrogen-bond acceptors (Lipinski definition) is 5. The second-order valence-corrected chi connectivity index (χ2v) is 4.91. The van der Waals surface area contributed by atoms with E-state index in [4.69, 9.17) is 11.6 Å². The van der Waals surface area contributed by atoms with Crippen molar-refractivity contribution in [2.75, 3.05) is 7.11 Å². The van der Waals surface area contributed by atoms with E-state index in [9.17, 15) is 18.0 Å². The summed E-state index contributed by atoms with van der Waals surface area (Å²) in [4.78, 5) is 18.7. The molecule has 0 fully saturated rings. The summed E-state index contributed by atoms with van der Waals surface area (Å²) in [7, 11) is 1.14. The Morgan fingerprint density at radius 1 is 1.45 bits per heavy atom. The average molecular weight is 323 g/mol. The van der Waals surface area contributed by atoms with Gasteiger partial charge in [0.05, 0.1) is 12.7 Å². The summed E-state index contributed by atoms with van der Waals surface area (Å²) in [5, 5.41) is -0.246. The van der Waals surface area contributed by atoms with Gasteiger partial charge in [-0.05, 0) is 6.07 Å². The first kappa shape index (κ1) is 14.7. The molecule has 2 rings (SSSR count). The summed E-state index contributed by atoms with van der Waals surface area (Å²) in [6, 6.07) is 0.836. The minimum atomic E-state index is -4.55. The van der Waals surface area contributed by atoms with Crippen molar-refractivity contribution in [3.8, 4) is 10.6 Å². The highest BCUT2D eigenvalue weighted by atomic mass is 35.5. The minimum Gasteiger partial charge on any atom is -0.465 e. The van der Waals surface area contributed by atoms with E-state index in [1.807, 2.05) is 0 Å². The van der Waals surface area contributed by atoms with Crippen molar-refractivity contribution in [2.45, 2.75) is 6.18 Å². The second kappa shape index (κ2) is 5.37. The lowest BCUT2D eigenvalue weighted by Gasteiger charge is -2.09. The molecule has 106 valence electrons. The van der Waals surface area contributed by atoms with Crippen LogP contribution < -0.4 is 0 Å². The fraction of sp³-hybridized carbons (Fsp3) is 0.182. The molecule has 2 heterocycles. The van der Waals surface area contributed by atoms with Crippen LogP contribution in [0.15, 0.2) is 18.5 Å². The molecule has 4 nitrogen and oxygen atoms in total. The highest BCUT2D eigenvalue weighted by molar-refractivity contribution is 7.17. The van der Waals surface area contributed by atoms with E-state index >= 15 is 0 Å². The Kier molecular flexibility index (Phi) is 3.96. The molecule has 2 aromatic rings. The average Bonchev–Trinajstić information content (AvgIpc) is 2.79. The second-order valence-electron chi connectivity index (χ2n) is 3.55. The number of thiazole rings is 1. The Balaban J connectivity index is 2.56. The molecular formula is C11H6ClF3N2O2S. The first-order chi connectivity index (χ1) is 9.34. The van der Waals surface area contributed by atoms with Crippen LogP contribution in [0, 0.1) is 0 Å². The van der Waals surface area contributed by atoms with Crippen LogP contribution in [0.3, 0.4) is 0 Å². The van der Waals surface area contributed by atoms with E-state index < -0.39 is 17.7 Å². The lowest BCUT2D eigenvalue weighted by atomic mass is 10.1. The molecule has 0 aliphatic rings. The highest BCUT2D eigenvalue weighted by Gasteiger charge is 2.35. The Labute approximate surface area is 120 Å². The predicted octanol–water partition coefficient (Wildman–Crippen LogP) is 3.66. The molecule has 0 amide bonds. The van der Waals surface area contributed by atoms with E-state index in [0.29, 0.717) is 0 Å². The molecule has 0 unspecified atom stereocenters. The number of rotatable bonds is 2. The normalized spacial score (nSPS) is 11.4. The molecule has 0 aliphatic heterocycles. The van der Waals surface area contributed by atoms with Gasteiger partial charge in [0.1, 0.15) is 5.01 Å². The third-order valence-corrected chi connectivity index (χ3v) is 3.77. The van der Waals surface area contributed by atoms with Crippen LogP contribution >= 0.6 is 22.9 Å². The number of carbonyl (C=O) groups excluding carboxylic acids is 1. The van der Waals surface area contributed by atoms with E-state index in [2.05, 4.69) is 14.7 Å². The fourth-order valence-corrected chi connectivity index (χ4v) is 2.67. The maximum atomic E-state index is 12.9. The SMILES string of the molecule is COC(=O)c1sc(-c2cnccc2C(F)(F)F)nc1Cl. The van der Waals surface area contributed by atoms with Gasteiger partial charge < -0.3 is 4.74 Å². The van der Waals surface area contributed by atoms with Gasteiger partial charge in [0.2, 0.25) is 0 Å². The zero-order valence-corrected chi connectivity index (χ0v) is 11.4. The van der Waals surface area contributed by atoms with Gasteiger partial charge in [-0.3, -0.25) is 4.98 Å². The lowest BCUT2D eigenvalue weighted by molar-refractivity contribution is -0.137. The number of halogens is 4. The largest absolute Gasteiger partial charge is 0.465 e. The zero-order chi connectivity index (χ0) is 14.9. The van der Waals surface area contributed by atoms with E-state index in [-0.39, 0.29) is 20.6 Å². The van der Waals surface area contributed by atoms with Gasteiger partial charge in [-0.25, -0.2) is 9.78 Å². The Morgan fingerprint density at radius 3 is 2.75 bits per heavy atom. The van der Waals surface area contributed by atoms with Gasteiger partial charge in [0, 0.05) is 18.0 Å². The maximum absolute atomic E-state index is 12.9. The molecule has 0 spiro atoms. The molecule has 0 radical (unpaired) electrons. The number of alkyl halides is 3. The van der Waals surface area contributed by atoms with Crippen LogP contribution in [0.2, 0.25) is 5.15 Å². The van der Waals surface area contributed by atoms with Gasteiger partial charge in [-0.2, -0.15) is 13.2 Å². The van der Waals surface area contributed by atoms with Gasteiger partial charge in [0.15, 0.2) is 10.0 Å². The van der Waals surface area contributed by atoms with E-state index in [0.717, 1.165) is 36.9 Å². The zero-order valence-electron chi connectivity index (χ0n) is 9.86. The quantitative estimate of drug-likeness (QED) is 0.792. The molecule has 9 heteroatoms. The van der Waals surface area contributed by atoms with Gasteiger partial charge in [-0.1, -0.05) is 11.6 Å². The number of nitrogens with zero attached hydrogens (tertiary/aromatic N) is 2. The number of ether oxygens (including phenoxy) is 1. The van der Waals surface area contributed by atoms with Crippen LogP contribution in [0.5, 0.6) is 0 Å². The number of hydrogen-bond donors (Lipinski definition) is 0. The molecule has 2 aromatic heterocycles. The van der Waals surface area contributed by atoms with Crippen LogP contribution in [0.25, 0.3) is 10.6 Å². The number of esters is 1. The molecule has 0 bridgehead atoms. The summed E-state index contributed by atoms with van der Waals surface area (Å²) < 4.78 is 43.1. The fourth-order valence-electron chi connectivity index (χ4n) is 1.45. The molecule has 0 N–H and O–H groups in total. The van der Waals surface area contributed by atoms with Crippen molar-refractivity contribution in [2.24, 2.45) is 0 Å². The topological polar surface area (TPSA) is 52.1 Å². The van der Waals surface area contributed by atoms with Crippen molar-refractivity contribution >= 4 is 28.9 Å². The molecule has 0 aliphatic carbocycles. The highest BCUT2D eigenvalue weighted by Crippen LogP contribution is 2.39. The summed E-state index contributed by atoms with van der Waals surface area (Å²) in [6.07, 6.45) is -2.50. The standard InChI is InChI=1S/C11H6ClF3N2O2S/c1-19-10(18)7-8(12)17-9(20-7)5-4-16-3-2-6(5)11(13,14)15/h2-4H,1H3. The van der Waals surface area contributed by atoms with Gasteiger partial charge in [-0.15, -0.1) is 11.3 Å². The molecule has 0 atom stereocenters. The third-order valence-electron chi connectivity index (χ3n) is 2.31. The molecule has 0 saturated carbocycles. The molecule has 20 heavy (non-hydrogen) atoms. The summed E-state index contributed by atoms with van der Waals surface area (Å²) in [6.45, 7) is 0. The van der Waals surface area contributed by atoms with E-state index in [1.165, 1.54) is 0 Å². The van der Waals surface area contributed by atoms with Crippen molar-refractivity contribution in [1.29, 1.82) is 0 Å². The van der Waals surface area contributed by atoms with Crippen molar-refractivity contribution in [3.05, 3.63) is 34.1 Å². The monoisotopic (exact) mass is 322 g/mol. The molecule has 0 saturated heterocycles. The maximum Gasteiger partial charge on any atom is 0.417 e. The molecular weight excluding hydrogens is 317 g/mol. The van der Waals surface area contributed by atoms with Crippen LogP contribution in [0.4, 0.5) is 13.2 Å². The Bertz CT molecular complexity index is 657. The van der Waals surface area contributed by atoms with Crippen LogP contribution in [0.1, 0.15) is 15.2 Å². The molecule has 0 aromatic carbocycles. The van der Waals surface area contributed by atoms with Gasteiger partial charge in [0.25, 0.3) is 0 Å². The van der Waals surface area contributed by atoms with Crippen LogP contribution in [-0.4, -0.2) is 23.0 Å². The van der Waals surface area contributed by atoms with Crippen molar-refractivity contribution in [3.63, 3.8) is 0 Å². The first-order valence-electron chi connectivity index (χ1n) is 5.10. The lowest BCUT2D eigenvalue weighted by Crippen LogP contribution is -2.07. The number of pyridine rings is 1. The van der Waals surface area contributed by atoms with Gasteiger partial charge >= 0.3 is 12.1 Å².